The van der Waals surface area contributed by atoms with E-state index in [1.807, 2.05) is 11.0 Å². The molecule has 3 aromatic rings. The van der Waals surface area contributed by atoms with Crippen molar-refractivity contribution in [2.75, 3.05) is 44.7 Å². The number of piperazine rings is 1. The molecule has 32 heavy (non-hydrogen) atoms. The minimum atomic E-state index is 0.0157. The number of hydrogen-bond acceptors (Lipinski definition) is 7. The van der Waals surface area contributed by atoms with Crippen LogP contribution in [-0.2, 0) is 11.3 Å². The summed E-state index contributed by atoms with van der Waals surface area (Å²) in [5, 5.41) is 10.4. The third kappa shape index (κ3) is 4.91. The summed E-state index contributed by atoms with van der Waals surface area (Å²) >= 11 is 12.0. The van der Waals surface area contributed by atoms with Crippen molar-refractivity contribution in [1.82, 2.24) is 14.8 Å². The highest BCUT2D eigenvalue weighted by Gasteiger charge is 2.26. The average molecular weight is 474 g/mol. The van der Waals surface area contributed by atoms with Crippen LogP contribution in [0.1, 0.15) is 11.3 Å². The molecule has 3 heterocycles. The molecule has 4 rings (SSSR count). The van der Waals surface area contributed by atoms with Crippen molar-refractivity contribution in [2.24, 2.45) is 0 Å². The molecule has 1 saturated heterocycles. The lowest BCUT2D eigenvalue weighted by Crippen LogP contribution is -2.49. The van der Waals surface area contributed by atoms with E-state index < -0.39 is 0 Å². The third-order valence-electron chi connectivity index (χ3n) is 5.30. The van der Waals surface area contributed by atoms with Crippen LogP contribution in [0.15, 0.2) is 45.4 Å². The summed E-state index contributed by atoms with van der Waals surface area (Å²) in [6.07, 6.45) is 1.53. The number of amides is 1. The van der Waals surface area contributed by atoms with Gasteiger partial charge in [0.2, 0.25) is 17.5 Å². The number of benzene rings is 1. The van der Waals surface area contributed by atoms with E-state index in [9.17, 15) is 10.1 Å². The number of carbonyl (C=O) groups is 1. The molecule has 0 radical (unpaired) electrons. The van der Waals surface area contributed by atoms with Crippen LogP contribution in [0, 0.1) is 11.3 Å². The lowest BCUT2D eigenvalue weighted by molar-refractivity contribution is -0.131. The maximum atomic E-state index is 12.7. The monoisotopic (exact) mass is 473 g/mol. The first kappa shape index (κ1) is 22.2. The normalized spacial score (nSPS) is 14.4. The zero-order chi connectivity index (χ0) is 22.7. The van der Waals surface area contributed by atoms with Crippen LogP contribution in [0.5, 0.6) is 0 Å². The number of halogens is 2. The maximum Gasteiger partial charge on any atom is 0.266 e. The van der Waals surface area contributed by atoms with Gasteiger partial charge in [-0.3, -0.25) is 9.69 Å². The van der Waals surface area contributed by atoms with E-state index in [1.165, 1.54) is 6.26 Å². The predicted octanol–water partition coefficient (Wildman–Crippen LogP) is 3.89. The highest BCUT2D eigenvalue weighted by Crippen LogP contribution is 2.29. The molecule has 1 aromatic carbocycles. The molecule has 2 aromatic heterocycles. The van der Waals surface area contributed by atoms with Crippen molar-refractivity contribution in [2.45, 2.75) is 6.54 Å². The standard InChI is InChI=1S/C22H21Cl2N5O3/c1-27(13-15-4-5-16(23)17(24)11-15)20(30)14-28-6-8-29(9-7-28)22-18(12-25)26-21(32-22)19-3-2-10-31-19/h2-5,10-11H,6-9,13-14H2,1H3. The molecule has 0 N–H and O–H groups in total. The number of rotatable bonds is 6. The molecule has 1 aliphatic rings. The maximum absolute atomic E-state index is 12.7. The van der Waals surface area contributed by atoms with E-state index in [-0.39, 0.29) is 17.5 Å². The predicted molar refractivity (Wildman–Crippen MR) is 121 cm³/mol. The fraction of sp³-hybridized carbons (Fsp3) is 0.318. The molecule has 0 spiro atoms. The smallest absolute Gasteiger partial charge is 0.266 e. The number of nitrogens with zero attached hydrogens (tertiary/aromatic N) is 5. The van der Waals surface area contributed by atoms with E-state index >= 15 is 0 Å². The minimum absolute atomic E-state index is 0.0157. The molecule has 1 aliphatic heterocycles. The largest absolute Gasteiger partial charge is 0.459 e. The number of hydrogen-bond donors (Lipinski definition) is 0. The van der Waals surface area contributed by atoms with Crippen LogP contribution in [0.3, 0.4) is 0 Å². The van der Waals surface area contributed by atoms with E-state index in [2.05, 4.69) is 16.0 Å². The lowest BCUT2D eigenvalue weighted by Gasteiger charge is -2.34. The molecular weight excluding hydrogens is 453 g/mol. The van der Waals surface area contributed by atoms with Gasteiger partial charge in [-0.2, -0.15) is 10.2 Å². The van der Waals surface area contributed by atoms with E-state index in [4.69, 9.17) is 32.0 Å². The number of furan rings is 1. The summed E-state index contributed by atoms with van der Waals surface area (Å²) in [5.74, 6) is 1.20. The first-order chi connectivity index (χ1) is 15.4. The summed E-state index contributed by atoms with van der Waals surface area (Å²) in [4.78, 5) is 22.6. The number of nitriles is 1. The van der Waals surface area contributed by atoms with Crippen molar-refractivity contribution in [3.8, 4) is 17.7 Å². The number of carbonyl (C=O) groups excluding carboxylic acids is 1. The van der Waals surface area contributed by atoms with Crippen LogP contribution >= 0.6 is 23.2 Å². The van der Waals surface area contributed by atoms with Crippen molar-refractivity contribution in [3.05, 3.63) is 57.9 Å². The Morgan fingerprint density at radius 3 is 2.66 bits per heavy atom. The van der Waals surface area contributed by atoms with Crippen molar-refractivity contribution in [1.29, 1.82) is 5.26 Å². The topological polar surface area (TPSA) is 89.8 Å². The highest BCUT2D eigenvalue weighted by atomic mass is 35.5. The summed E-state index contributed by atoms with van der Waals surface area (Å²) < 4.78 is 11.1. The molecule has 0 saturated carbocycles. The Kier molecular flexibility index (Phi) is 6.70. The van der Waals surface area contributed by atoms with Gasteiger partial charge >= 0.3 is 0 Å². The Labute approximate surface area is 195 Å². The number of anilines is 1. The van der Waals surface area contributed by atoms with Gasteiger partial charge in [0.05, 0.1) is 22.9 Å². The molecule has 0 bridgehead atoms. The number of aromatic nitrogens is 1. The summed E-state index contributed by atoms with van der Waals surface area (Å²) in [6, 6.07) is 10.9. The highest BCUT2D eigenvalue weighted by molar-refractivity contribution is 6.42. The zero-order valence-electron chi connectivity index (χ0n) is 17.4. The van der Waals surface area contributed by atoms with Gasteiger partial charge in [0, 0.05) is 39.8 Å². The van der Waals surface area contributed by atoms with Crippen LogP contribution in [0.2, 0.25) is 10.0 Å². The van der Waals surface area contributed by atoms with Gasteiger partial charge < -0.3 is 18.6 Å². The first-order valence-electron chi connectivity index (χ1n) is 10.0. The van der Waals surface area contributed by atoms with Crippen molar-refractivity contribution < 1.29 is 13.6 Å². The van der Waals surface area contributed by atoms with Crippen LogP contribution in [0.4, 0.5) is 5.88 Å². The second-order valence-electron chi connectivity index (χ2n) is 7.52. The number of oxazole rings is 1. The quantitative estimate of drug-likeness (QED) is 0.536. The van der Waals surface area contributed by atoms with Gasteiger partial charge in [0.15, 0.2) is 5.76 Å². The van der Waals surface area contributed by atoms with Crippen molar-refractivity contribution in [3.63, 3.8) is 0 Å². The van der Waals surface area contributed by atoms with Gasteiger partial charge in [0.25, 0.3) is 5.89 Å². The Hall–Kier alpha value is -2.99. The summed E-state index contributed by atoms with van der Waals surface area (Å²) in [6.45, 7) is 3.32. The second kappa shape index (κ2) is 9.65. The Bertz CT molecular complexity index is 1130. The van der Waals surface area contributed by atoms with E-state index in [0.29, 0.717) is 61.0 Å². The molecule has 8 nitrogen and oxygen atoms in total. The molecule has 0 unspecified atom stereocenters. The lowest BCUT2D eigenvalue weighted by atomic mass is 10.2. The molecule has 1 amide bonds. The summed E-state index contributed by atoms with van der Waals surface area (Å²) in [7, 11) is 1.77. The molecule has 0 aliphatic carbocycles. The second-order valence-corrected chi connectivity index (χ2v) is 8.34. The molecule has 1 fully saturated rings. The van der Waals surface area contributed by atoms with Crippen LogP contribution in [-0.4, -0.2) is 60.5 Å². The van der Waals surface area contributed by atoms with Gasteiger partial charge in [-0.15, -0.1) is 0 Å². The van der Waals surface area contributed by atoms with Gasteiger partial charge in [-0.25, -0.2) is 0 Å². The van der Waals surface area contributed by atoms with Gasteiger partial charge in [-0.05, 0) is 29.8 Å². The summed E-state index contributed by atoms with van der Waals surface area (Å²) in [5.41, 5.74) is 1.14. The molecule has 10 heteroatoms. The van der Waals surface area contributed by atoms with Crippen LogP contribution in [0.25, 0.3) is 11.7 Å². The molecular formula is C22H21Cl2N5O3. The van der Waals surface area contributed by atoms with Crippen molar-refractivity contribution >= 4 is 35.0 Å². The van der Waals surface area contributed by atoms with E-state index in [0.717, 1.165) is 5.56 Å². The minimum Gasteiger partial charge on any atom is -0.459 e. The van der Waals surface area contributed by atoms with Gasteiger partial charge in [0.1, 0.15) is 6.07 Å². The number of likely N-dealkylation sites (N-methyl/N-ethyl adjacent to an activating group) is 1. The molecule has 0 atom stereocenters. The van der Waals surface area contributed by atoms with Gasteiger partial charge in [-0.1, -0.05) is 29.3 Å². The van der Waals surface area contributed by atoms with E-state index in [1.54, 1.807) is 36.2 Å². The Balaban J connectivity index is 1.32. The Morgan fingerprint density at radius 2 is 2.00 bits per heavy atom. The molecule has 166 valence electrons. The average Bonchev–Trinajstić information content (AvgIpc) is 3.46. The first-order valence-corrected chi connectivity index (χ1v) is 10.8. The van der Waals surface area contributed by atoms with Crippen LogP contribution < -0.4 is 4.90 Å². The zero-order valence-corrected chi connectivity index (χ0v) is 18.9. The fourth-order valence-electron chi connectivity index (χ4n) is 3.53. The Morgan fingerprint density at radius 1 is 1.22 bits per heavy atom. The SMILES string of the molecule is CN(Cc1ccc(Cl)c(Cl)c1)C(=O)CN1CCN(c2oc(-c3ccco3)nc2C#N)CC1. The third-order valence-corrected chi connectivity index (χ3v) is 6.03. The fourth-order valence-corrected chi connectivity index (χ4v) is 3.85.